The zero-order chi connectivity index (χ0) is 24.4. The minimum Gasteiger partial charge on any atom is -0.478 e. The minimum absolute atomic E-state index is 0.0848. The van der Waals surface area contributed by atoms with Crippen LogP contribution in [0.1, 0.15) is 39.5 Å². The molecule has 0 saturated heterocycles. The molecule has 33 heavy (non-hydrogen) atoms. The van der Waals surface area contributed by atoms with Crippen LogP contribution in [0.3, 0.4) is 0 Å². The first kappa shape index (κ1) is 25.1. The second-order valence-electron chi connectivity index (χ2n) is 9.65. The Morgan fingerprint density at radius 2 is 2.15 bits per heavy atom. The first-order valence-corrected chi connectivity index (χ1v) is 14.1. The van der Waals surface area contributed by atoms with Crippen LogP contribution in [0.5, 0.6) is 0 Å². The fourth-order valence-corrected chi connectivity index (χ4v) is 4.48. The third-order valence-corrected chi connectivity index (χ3v) is 11.1. The summed E-state index contributed by atoms with van der Waals surface area (Å²) >= 11 is 6.58. The Morgan fingerprint density at radius 1 is 1.42 bits per heavy atom. The highest BCUT2D eigenvalue weighted by atomic mass is 35.5. The van der Waals surface area contributed by atoms with E-state index in [1.165, 1.54) is 0 Å². The minimum atomic E-state index is -1.93. The smallest absolute Gasteiger partial charge is 0.331 e. The number of carboxylic acids is 1. The van der Waals surface area contributed by atoms with Gasteiger partial charge in [0, 0.05) is 24.4 Å². The van der Waals surface area contributed by atoms with Crippen molar-refractivity contribution in [1.29, 1.82) is 0 Å². The van der Waals surface area contributed by atoms with E-state index in [2.05, 4.69) is 55.6 Å². The summed E-state index contributed by atoms with van der Waals surface area (Å²) in [5.41, 5.74) is 0.998. The lowest BCUT2D eigenvalue weighted by Crippen LogP contribution is -2.40. The van der Waals surface area contributed by atoms with Crippen molar-refractivity contribution in [3.8, 4) is 11.5 Å². The van der Waals surface area contributed by atoms with Crippen LogP contribution in [0.4, 0.5) is 5.82 Å². The first-order chi connectivity index (χ1) is 15.4. The van der Waals surface area contributed by atoms with Gasteiger partial charge < -0.3 is 18.8 Å². The Bertz CT molecular complexity index is 1060. The topological polar surface area (TPSA) is 102 Å². The molecule has 10 heteroatoms. The number of halogens is 1. The lowest BCUT2D eigenvalue weighted by atomic mass is 9.97. The van der Waals surface area contributed by atoms with Crippen LogP contribution in [-0.2, 0) is 15.8 Å². The summed E-state index contributed by atoms with van der Waals surface area (Å²) in [4.78, 5) is 17.9. The van der Waals surface area contributed by atoms with Crippen molar-refractivity contribution in [3.05, 3.63) is 47.5 Å². The predicted molar refractivity (Wildman–Crippen MR) is 131 cm³/mol. The standard InChI is InChI=1S/C23H31ClN4O4Si/c1-7-8-17-11-15(22(29)30)9-10-28(17)20-18(24)12-16(13-25-20)21-27-26-19(32-21)14-31-33(5,6)23(2,3)4/h7,9,12-13,17H,1,8,10-11,14H2,2-6H3,(H,29,30). The summed E-state index contributed by atoms with van der Waals surface area (Å²) in [5.74, 6) is 0.402. The summed E-state index contributed by atoms with van der Waals surface area (Å²) in [5, 5.41) is 18.1. The summed E-state index contributed by atoms with van der Waals surface area (Å²) in [6.07, 6.45) is 6.11. The van der Waals surface area contributed by atoms with Crippen molar-refractivity contribution < 1.29 is 18.7 Å². The highest BCUT2D eigenvalue weighted by molar-refractivity contribution is 6.74. The molecule has 0 saturated carbocycles. The predicted octanol–water partition coefficient (Wildman–Crippen LogP) is 5.47. The zero-order valence-corrected chi connectivity index (χ0v) is 21.5. The molecule has 0 fully saturated rings. The lowest BCUT2D eigenvalue weighted by molar-refractivity contribution is -0.132. The van der Waals surface area contributed by atoms with Crippen LogP contribution in [0.25, 0.3) is 11.5 Å². The van der Waals surface area contributed by atoms with Crippen LogP contribution in [0.15, 0.2) is 41.0 Å². The van der Waals surface area contributed by atoms with Crippen molar-refractivity contribution in [2.45, 2.75) is 64.4 Å². The maximum atomic E-state index is 11.4. The van der Waals surface area contributed by atoms with Gasteiger partial charge in [-0.3, -0.25) is 0 Å². The average molecular weight is 491 g/mol. The molecule has 3 rings (SSSR count). The Morgan fingerprint density at radius 3 is 2.76 bits per heavy atom. The van der Waals surface area contributed by atoms with Crippen molar-refractivity contribution in [2.75, 3.05) is 11.4 Å². The van der Waals surface area contributed by atoms with Crippen LogP contribution >= 0.6 is 11.6 Å². The van der Waals surface area contributed by atoms with Crippen LogP contribution in [0.2, 0.25) is 23.2 Å². The summed E-state index contributed by atoms with van der Waals surface area (Å²) < 4.78 is 11.9. The molecule has 2 aromatic heterocycles. The van der Waals surface area contributed by atoms with Gasteiger partial charge in [0.05, 0.1) is 10.6 Å². The van der Waals surface area contributed by atoms with Crippen LogP contribution in [-0.4, -0.2) is 47.2 Å². The van der Waals surface area contributed by atoms with E-state index in [4.69, 9.17) is 20.4 Å². The Kier molecular flexibility index (Phi) is 7.45. The van der Waals surface area contributed by atoms with E-state index in [1.807, 2.05) is 4.90 Å². The Labute approximate surface area is 200 Å². The van der Waals surface area contributed by atoms with E-state index in [0.29, 0.717) is 53.1 Å². The van der Waals surface area contributed by atoms with E-state index in [0.717, 1.165) is 0 Å². The molecule has 178 valence electrons. The maximum absolute atomic E-state index is 11.4. The number of aromatic nitrogens is 3. The Hall–Kier alpha value is -2.49. The van der Waals surface area contributed by atoms with Gasteiger partial charge in [0.25, 0.3) is 0 Å². The number of anilines is 1. The molecule has 3 heterocycles. The molecule has 1 N–H and O–H groups in total. The second kappa shape index (κ2) is 9.78. The fraction of sp³-hybridized carbons (Fsp3) is 0.478. The molecule has 0 radical (unpaired) electrons. The van der Waals surface area contributed by atoms with Crippen molar-refractivity contribution >= 4 is 31.7 Å². The van der Waals surface area contributed by atoms with Gasteiger partial charge in [0.2, 0.25) is 11.8 Å². The van der Waals surface area contributed by atoms with Gasteiger partial charge in [0.15, 0.2) is 8.32 Å². The van der Waals surface area contributed by atoms with E-state index in [1.54, 1.807) is 24.4 Å². The maximum Gasteiger partial charge on any atom is 0.331 e. The second-order valence-corrected chi connectivity index (χ2v) is 14.9. The number of rotatable bonds is 8. The molecular weight excluding hydrogens is 460 g/mol. The Balaban J connectivity index is 1.77. The van der Waals surface area contributed by atoms with Gasteiger partial charge in [-0.15, -0.1) is 16.8 Å². The van der Waals surface area contributed by atoms with Crippen LogP contribution in [0, 0.1) is 0 Å². The molecule has 1 atom stereocenters. The van der Waals surface area contributed by atoms with Gasteiger partial charge >= 0.3 is 5.97 Å². The molecule has 2 aromatic rings. The number of carboxylic acid groups (broad SMARTS) is 1. The van der Waals surface area contributed by atoms with Crippen LogP contribution < -0.4 is 4.90 Å². The highest BCUT2D eigenvalue weighted by Crippen LogP contribution is 2.37. The molecule has 0 aliphatic carbocycles. The number of hydrogen-bond acceptors (Lipinski definition) is 7. The number of pyridine rings is 1. The molecule has 0 spiro atoms. The molecular formula is C23H31ClN4O4Si. The monoisotopic (exact) mass is 490 g/mol. The lowest BCUT2D eigenvalue weighted by Gasteiger charge is -2.35. The summed E-state index contributed by atoms with van der Waals surface area (Å²) in [6.45, 7) is 15.3. The number of aliphatic carboxylic acids is 1. The first-order valence-electron chi connectivity index (χ1n) is 10.8. The van der Waals surface area contributed by atoms with Gasteiger partial charge in [-0.25, -0.2) is 9.78 Å². The third kappa shape index (κ3) is 5.71. The summed E-state index contributed by atoms with van der Waals surface area (Å²) in [6, 6.07) is 1.65. The van der Waals surface area contributed by atoms with E-state index in [-0.39, 0.29) is 17.7 Å². The third-order valence-electron chi connectivity index (χ3n) is 6.31. The number of nitrogens with zero attached hydrogens (tertiary/aromatic N) is 4. The quantitative estimate of drug-likeness (QED) is 0.383. The van der Waals surface area contributed by atoms with E-state index < -0.39 is 14.3 Å². The van der Waals surface area contributed by atoms with E-state index in [9.17, 15) is 9.90 Å². The molecule has 1 aliphatic rings. The highest BCUT2D eigenvalue weighted by Gasteiger charge is 2.37. The van der Waals surface area contributed by atoms with Gasteiger partial charge in [0.1, 0.15) is 12.4 Å². The largest absolute Gasteiger partial charge is 0.478 e. The van der Waals surface area contributed by atoms with Crippen molar-refractivity contribution in [2.24, 2.45) is 0 Å². The van der Waals surface area contributed by atoms with Gasteiger partial charge in [-0.05, 0) is 37.0 Å². The molecule has 0 aromatic carbocycles. The van der Waals surface area contributed by atoms with Gasteiger partial charge in [-0.2, -0.15) is 0 Å². The zero-order valence-electron chi connectivity index (χ0n) is 19.8. The molecule has 0 amide bonds. The number of carbonyl (C=O) groups is 1. The number of hydrogen-bond donors (Lipinski definition) is 1. The SMILES string of the molecule is C=CCC1CC(C(=O)O)=CCN1c1ncc(-c2nnc(CO[Si](C)(C)C(C)(C)C)o2)cc1Cl. The molecule has 1 aliphatic heterocycles. The van der Waals surface area contributed by atoms with Crippen molar-refractivity contribution in [1.82, 2.24) is 15.2 Å². The molecule has 1 unspecified atom stereocenters. The molecule has 0 bridgehead atoms. The normalized spacial score (nSPS) is 17.1. The fourth-order valence-electron chi connectivity index (χ4n) is 3.29. The summed E-state index contributed by atoms with van der Waals surface area (Å²) in [7, 11) is -1.93. The van der Waals surface area contributed by atoms with Crippen molar-refractivity contribution in [3.63, 3.8) is 0 Å². The molecule has 8 nitrogen and oxygen atoms in total. The average Bonchev–Trinajstić information content (AvgIpc) is 3.21. The van der Waals surface area contributed by atoms with E-state index >= 15 is 0 Å². The van der Waals surface area contributed by atoms with Gasteiger partial charge in [-0.1, -0.05) is 44.5 Å².